The Hall–Kier alpha value is -2.40. The van der Waals surface area contributed by atoms with Crippen LogP contribution in [0, 0.1) is 0 Å². The number of aromatic nitrogens is 1. The number of benzene rings is 1. The van der Waals surface area contributed by atoms with E-state index in [2.05, 4.69) is 10.3 Å². The quantitative estimate of drug-likeness (QED) is 0.854. The Morgan fingerprint density at radius 1 is 1.33 bits per heavy atom. The Labute approximate surface area is 123 Å². The summed E-state index contributed by atoms with van der Waals surface area (Å²) in [6.07, 6.45) is 0. The van der Waals surface area contributed by atoms with Gasteiger partial charge in [0.25, 0.3) is 0 Å². The first-order valence-electron chi connectivity index (χ1n) is 6.66. The fourth-order valence-electron chi connectivity index (χ4n) is 1.98. The Kier molecular flexibility index (Phi) is 4.90. The van der Waals surface area contributed by atoms with Crippen LogP contribution in [0.1, 0.15) is 34.7 Å². The highest BCUT2D eigenvalue weighted by atomic mass is 16.5. The maximum absolute atomic E-state index is 10.9. The Morgan fingerprint density at radius 2 is 2.10 bits per heavy atom. The van der Waals surface area contributed by atoms with Gasteiger partial charge in [-0.25, -0.2) is 9.78 Å². The summed E-state index contributed by atoms with van der Waals surface area (Å²) in [6.45, 7) is 2.54. The molecule has 0 aliphatic carbocycles. The molecule has 2 N–H and O–H groups in total. The van der Waals surface area contributed by atoms with Gasteiger partial charge in [0, 0.05) is 12.6 Å². The lowest BCUT2D eigenvalue weighted by atomic mass is 10.1. The van der Waals surface area contributed by atoms with Crippen molar-refractivity contribution in [2.24, 2.45) is 0 Å². The van der Waals surface area contributed by atoms with Crippen molar-refractivity contribution in [2.45, 2.75) is 19.5 Å². The molecule has 1 atom stereocenters. The van der Waals surface area contributed by atoms with Gasteiger partial charge in [0.2, 0.25) is 0 Å². The highest BCUT2D eigenvalue weighted by Gasteiger charge is 2.08. The molecule has 0 unspecified atom stereocenters. The number of methoxy groups -OCH3 is 1. The molecule has 1 heterocycles. The molecule has 0 spiro atoms. The molecule has 1 aromatic carbocycles. The fourth-order valence-corrected chi connectivity index (χ4v) is 1.98. The van der Waals surface area contributed by atoms with Gasteiger partial charge < -0.3 is 15.2 Å². The van der Waals surface area contributed by atoms with Gasteiger partial charge in [0.05, 0.1) is 12.8 Å². The standard InChI is InChI=1S/C16H18N2O3/c1-11(12-5-3-7-14(9-12)21-2)17-10-13-6-4-8-15(18-13)16(19)20/h3-9,11,17H,10H2,1-2H3,(H,19,20)/t11-/m0/s1. The van der Waals surface area contributed by atoms with E-state index in [1.807, 2.05) is 31.2 Å². The second-order valence-corrected chi connectivity index (χ2v) is 4.70. The summed E-state index contributed by atoms with van der Waals surface area (Å²) in [5.74, 6) is -0.204. The van der Waals surface area contributed by atoms with E-state index in [0.717, 1.165) is 11.3 Å². The minimum absolute atomic E-state index is 0.0586. The Morgan fingerprint density at radius 3 is 2.81 bits per heavy atom. The average molecular weight is 286 g/mol. The van der Waals surface area contributed by atoms with Crippen molar-refractivity contribution in [2.75, 3.05) is 7.11 Å². The SMILES string of the molecule is COc1cccc([C@H](C)NCc2cccc(C(=O)O)n2)c1. The number of carboxylic acid groups (broad SMARTS) is 1. The molecule has 0 bridgehead atoms. The summed E-state index contributed by atoms with van der Waals surface area (Å²) < 4.78 is 5.20. The molecule has 5 heteroatoms. The van der Waals surface area contributed by atoms with E-state index in [1.54, 1.807) is 19.2 Å². The topological polar surface area (TPSA) is 71.5 Å². The lowest BCUT2D eigenvalue weighted by Gasteiger charge is -2.15. The van der Waals surface area contributed by atoms with Crippen LogP contribution in [0.15, 0.2) is 42.5 Å². The van der Waals surface area contributed by atoms with Gasteiger partial charge in [-0.2, -0.15) is 0 Å². The normalized spacial score (nSPS) is 11.9. The summed E-state index contributed by atoms with van der Waals surface area (Å²) in [5.41, 5.74) is 1.86. The molecule has 5 nitrogen and oxygen atoms in total. The Balaban J connectivity index is 2.01. The number of nitrogens with one attached hydrogen (secondary N) is 1. The predicted octanol–water partition coefficient (Wildman–Crippen LogP) is 2.64. The molecule has 2 aromatic rings. The Bertz CT molecular complexity index is 628. The molecular formula is C16H18N2O3. The van der Waals surface area contributed by atoms with Crippen molar-refractivity contribution in [3.8, 4) is 5.75 Å². The van der Waals surface area contributed by atoms with Crippen molar-refractivity contribution < 1.29 is 14.6 Å². The molecular weight excluding hydrogens is 268 g/mol. The molecule has 0 amide bonds. The number of ether oxygens (including phenoxy) is 1. The summed E-state index contributed by atoms with van der Waals surface area (Å²) in [5, 5.41) is 12.2. The molecule has 21 heavy (non-hydrogen) atoms. The third-order valence-corrected chi connectivity index (χ3v) is 3.21. The van der Waals surface area contributed by atoms with Gasteiger partial charge in [-0.05, 0) is 36.8 Å². The third-order valence-electron chi connectivity index (χ3n) is 3.21. The molecule has 110 valence electrons. The maximum atomic E-state index is 10.9. The summed E-state index contributed by atoms with van der Waals surface area (Å²) in [4.78, 5) is 15.0. The maximum Gasteiger partial charge on any atom is 0.354 e. The number of hydrogen-bond donors (Lipinski definition) is 2. The molecule has 2 rings (SSSR count). The predicted molar refractivity (Wildman–Crippen MR) is 79.4 cm³/mol. The lowest BCUT2D eigenvalue weighted by molar-refractivity contribution is 0.0690. The second-order valence-electron chi connectivity index (χ2n) is 4.70. The molecule has 0 aliphatic rings. The molecule has 0 aliphatic heterocycles. The van der Waals surface area contributed by atoms with Crippen LogP contribution < -0.4 is 10.1 Å². The van der Waals surface area contributed by atoms with Crippen LogP contribution in [0.5, 0.6) is 5.75 Å². The fraction of sp³-hybridized carbons (Fsp3) is 0.250. The van der Waals surface area contributed by atoms with Crippen molar-refractivity contribution in [3.05, 3.63) is 59.4 Å². The zero-order valence-corrected chi connectivity index (χ0v) is 12.0. The van der Waals surface area contributed by atoms with Crippen LogP contribution >= 0.6 is 0 Å². The van der Waals surface area contributed by atoms with E-state index in [9.17, 15) is 4.79 Å². The van der Waals surface area contributed by atoms with Crippen LogP contribution in [-0.2, 0) is 6.54 Å². The van der Waals surface area contributed by atoms with Crippen LogP contribution in [0.4, 0.5) is 0 Å². The zero-order chi connectivity index (χ0) is 15.2. The number of nitrogens with zero attached hydrogens (tertiary/aromatic N) is 1. The molecule has 0 radical (unpaired) electrons. The van der Waals surface area contributed by atoms with Crippen molar-refractivity contribution in [1.29, 1.82) is 0 Å². The van der Waals surface area contributed by atoms with Crippen LogP contribution in [0.25, 0.3) is 0 Å². The first kappa shape index (κ1) is 15.0. The largest absolute Gasteiger partial charge is 0.497 e. The highest BCUT2D eigenvalue weighted by molar-refractivity contribution is 5.85. The lowest BCUT2D eigenvalue weighted by Crippen LogP contribution is -2.19. The van der Waals surface area contributed by atoms with Crippen molar-refractivity contribution in [1.82, 2.24) is 10.3 Å². The van der Waals surface area contributed by atoms with Crippen molar-refractivity contribution >= 4 is 5.97 Å². The molecule has 0 fully saturated rings. The summed E-state index contributed by atoms with van der Waals surface area (Å²) >= 11 is 0. The van der Waals surface area contributed by atoms with Crippen LogP contribution in [0.3, 0.4) is 0 Å². The minimum atomic E-state index is -1.02. The van der Waals surface area contributed by atoms with Gasteiger partial charge in [-0.3, -0.25) is 0 Å². The van der Waals surface area contributed by atoms with Crippen LogP contribution in [-0.4, -0.2) is 23.2 Å². The first-order valence-corrected chi connectivity index (χ1v) is 6.66. The smallest absolute Gasteiger partial charge is 0.354 e. The van der Waals surface area contributed by atoms with Gasteiger partial charge in [-0.15, -0.1) is 0 Å². The number of carbonyl (C=O) groups is 1. The molecule has 0 saturated heterocycles. The number of rotatable bonds is 6. The van der Waals surface area contributed by atoms with Crippen LogP contribution in [0.2, 0.25) is 0 Å². The average Bonchev–Trinajstić information content (AvgIpc) is 2.53. The molecule has 0 saturated carbocycles. The first-order chi connectivity index (χ1) is 10.1. The van der Waals surface area contributed by atoms with Gasteiger partial charge in [0.15, 0.2) is 0 Å². The highest BCUT2D eigenvalue weighted by Crippen LogP contribution is 2.19. The number of aromatic carboxylic acids is 1. The number of hydrogen-bond acceptors (Lipinski definition) is 4. The third kappa shape index (κ3) is 4.03. The van der Waals surface area contributed by atoms with Gasteiger partial charge in [-0.1, -0.05) is 18.2 Å². The van der Waals surface area contributed by atoms with E-state index < -0.39 is 5.97 Å². The van der Waals surface area contributed by atoms with E-state index >= 15 is 0 Å². The van der Waals surface area contributed by atoms with E-state index in [-0.39, 0.29) is 11.7 Å². The number of pyridine rings is 1. The van der Waals surface area contributed by atoms with Crippen molar-refractivity contribution in [3.63, 3.8) is 0 Å². The van der Waals surface area contributed by atoms with E-state index in [0.29, 0.717) is 12.2 Å². The molecule has 1 aromatic heterocycles. The minimum Gasteiger partial charge on any atom is -0.497 e. The van der Waals surface area contributed by atoms with E-state index in [4.69, 9.17) is 9.84 Å². The van der Waals surface area contributed by atoms with Gasteiger partial charge in [0.1, 0.15) is 11.4 Å². The second kappa shape index (κ2) is 6.85. The zero-order valence-electron chi connectivity index (χ0n) is 12.0. The summed E-state index contributed by atoms with van der Waals surface area (Å²) in [7, 11) is 1.64. The monoisotopic (exact) mass is 286 g/mol. The number of carboxylic acids is 1. The van der Waals surface area contributed by atoms with Gasteiger partial charge >= 0.3 is 5.97 Å². The van der Waals surface area contributed by atoms with E-state index in [1.165, 1.54) is 6.07 Å². The summed E-state index contributed by atoms with van der Waals surface area (Å²) in [6, 6.07) is 12.9.